The summed E-state index contributed by atoms with van der Waals surface area (Å²) in [5.41, 5.74) is 8.14. The zero-order valence-corrected chi connectivity index (χ0v) is 13.2. The summed E-state index contributed by atoms with van der Waals surface area (Å²) in [6.45, 7) is 0.0889. The van der Waals surface area contributed by atoms with Gasteiger partial charge in [-0.3, -0.25) is 4.79 Å². The number of carbonyl (C=O) groups is 1. The highest BCUT2D eigenvalue weighted by molar-refractivity contribution is 7.89. The van der Waals surface area contributed by atoms with E-state index in [2.05, 4.69) is 4.72 Å². The van der Waals surface area contributed by atoms with E-state index in [4.69, 9.17) is 10.8 Å². The van der Waals surface area contributed by atoms with E-state index >= 15 is 0 Å². The fourth-order valence-corrected chi connectivity index (χ4v) is 3.15. The predicted molar refractivity (Wildman–Crippen MR) is 88.3 cm³/mol. The molecule has 0 aliphatic rings. The molecule has 0 fully saturated rings. The number of nitrogen functional groups attached to an aromatic ring is 1. The van der Waals surface area contributed by atoms with Crippen LogP contribution in [0.3, 0.4) is 0 Å². The van der Waals surface area contributed by atoms with E-state index in [1.807, 2.05) is 18.2 Å². The Balaban J connectivity index is 2.07. The molecule has 4 N–H and O–H groups in total. The smallest absolute Gasteiger partial charge is 0.303 e. The molecule has 0 amide bonds. The first kappa shape index (κ1) is 17.0. The zero-order chi connectivity index (χ0) is 16.9. The summed E-state index contributed by atoms with van der Waals surface area (Å²) >= 11 is 0. The van der Waals surface area contributed by atoms with Gasteiger partial charge < -0.3 is 10.8 Å². The number of aliphatic carboxylic acids is 1. The molecule has 0 aliphatic carbocycles. The van der Waals surface area contributed by atoms with Crippen LogP contribution in [0.1, 0.15) is 12.8 Å². The normalized spacial score (nSPS) is 11.3. The van der Waals surface area contributed by atoms with Crippen molar-refractivity contribution >= 4 is 21.7 Å². The first-order chi connectivity index (χ1) is 10.9. The Morgan fingerprint density at radius 2 is 1.78 bits per heavy atom. The molecule has 2 aromatic carbocycles. The number of carboxylic acids is 1. The van der Waals surface area contributed by atoms with Gasteiger partial charge in [-0.1, -0.05) is 24.3 Å². The van der Waals surface area contributed by atoms with E-state index in [0.717, 1.165) is 11.1 Å². The van der Waals surface area contributed by atoms with Gasteiger partial charge in [0.05, 0.1) is 4.90 Å². The fourth-order valence-electron chi connectivity index (χ4n) is 2.07. The SMILES string of the molecule is Nc1cccc(-c2ccc(S(=O)(=O)NCCCC(=O)O)cc2)c1. The highest BCUT2D eigenvalue weighted by Crippen LogP contribution is 2.23. The highest BCUT2D eigenvalue weighted by Gasteiger charge is 2.13. The van der Waals surface area contributed by atoms with Crippen LogP contribution >= 0.6 is 0 Å². The van der Waals surface area contributed by atoms with E-state index in [9.17, 15) is 13.2 Å². The molecule has 0 spiro atoms. The number of sulfonamides is 1. The van der Waals surface area contributed by atoms with Gasteiger partial charge in [-0.2, -0.15) is 0 Å². The average molecular weight is 334 g/mol. The first-order valence-corrected chi connectivity index (χ1v) is 8.54. The maximum Gasteiger partial charge on any atom is 0.303 e. The van der Waals surface area contributed by atoms with Gasteiger partial charge in [0, 0.05) is 18.7 Å². The molecule has 0 saturated carbocycles. The average Bonchev–Trinajstić information content (AvgIpc) is 2.52. The van der Waals surface area contributed by atoms with Crippen LogP contribution in [-0.4, -0.2) is 26.0 Å². The number of benzene rings is 2. The van der Waals surface area contributed by atoms with Crippen molar-refractivity contribution in [2.75, 3.05) is 12.3 Å². The molecule has 0 aromatic heterocycles. The Labute approximate surface area is 135 Å². The van der Waals surface area contributed by atoms with Crippen molar-refractivity contribution in [1.82, 2.24) is 4.72 Å². The summed E-state index contributed by atoms with van der Waals surface area (Å²) in [5, 5.41) is 8.53. The summed E-state index contributed by atoms with van der Waals surface area (Å²) in [4.78, 5) is 10.5. The molecular weight excluding hydrogens is 316 g/mol. The topological polar surface area (TPSA) is 109 Å². The summed E-state index contributed by atoms with van der Waals surface area (Å²) in [5.74, 6) is -0.948. The molecule has 2 aromatic rings. The number of anilines is 1. The Bertz CT molecular complexity index is 786. The van der Waals surface area contributed by atoms with Gasteiger partial charge in [0.25, 0.3) is 0 Å². The third-order valence-electron chi connectivity index (χ3n) is 3.24. The number of hydrogen-bond donors (Lipinski definition) is 3. The lowest BCUT2D eigenvalue weighted by Gasteiger charge is -2.08. The first-order valence-electron chi connectivity index (χ1n) is 7.06. The minimum atomic E-state index is -3.63. The molecular formula is C16H18N2O4S. The molecule has 0 bridgehead atoms. The molecule has 0 atom stereocenters. The van der Waals surface area contributed by atoms with Crippen LogP contribution in [0.15, 0.2) is 53.4 Å². The van der Waals surface area contributed by atoms with Gasteiger partial charge in [0.15, 0.2) is 0 Å². The van der Waals surface area contributed by atoms with Crippen LogP contribution in [0.5, 0.6) is 0 Å². The third-order valence-corrected chi connectivity index (χ3v) is 4.72. The third kappa shape index (κ3) is 4.80. The molecule has 122 valence electrons. The van der Waals surface area contributed by atoms with E-state index in [1.165, 1.54) is 12.1 Å². The second-order valence-electron chi connectivity index (χ2n) is 5.04. The predicted octanol–water partition coefficient (Wildman–Crippen LogP) is 2.08. The lowest BCUT2D eigenvalue weighted by Crippen LogP contribution is -2.25. The molecule has 0 heterocycles. The second kappa shape index (κ2) is 7.26. The van der Waals surface area contributed by atoms with E-state index in [1.54, 1.807) is 18.2 Å². The lowest BCUT2D eigenvalue weighted by molar-refractivity contribution is -0.137. The van der Waals surface area contributed by atoms with Gasteiger partial charge >= 0.3 is 5.97 Å². The van der Waals surface area contributed by atoms with Crippen LogP contribution in [0.25, 0.3) is 11.1 Å². The molecule has 0 aliphatic heterocycles. The van der Waals surface area contributed by atoms with Gasteiger partial charge in [-0.05, 0) is 41.8 Å². The molecule has 0 saturated heterocycles. The van der Waals surface area contributed by atoms with Crippen molar-refractivity contribution in [2.24, 2.45) is 0 Å². The van der Waals surface area contributed by atoms with Crippen LogP contribution in [0, 0.1) is 0 Å². The zero-order valence-electron chi connectivity index (χ0n) is 12.4. The van der Waals surface area contributed by atoms with Gasteiger partial charge in [-0.25, -0.2) is 13.1 Å². The summed E-state index contributed by atoms with van der Waals surface area (Å²) in [6.07, 6.45) is 0.173. The van der Waals surface area contributed by atoms with Crippen molar-refractivity contribution in [3.63, 3.8) is 0 Å². The number of rotatable bonds is 7. The molecule has 6 nitrogen and oxygen atoms in total. The summed E-state index contributed by atoms with van der Waals surface area (Å²) < 4.78 is 26.6. The highest BCUT2D eigenvalue weighted by atomic mass is 32.2. The van der Waals surface area contributed by atoms with Gasteiger partial charge in [0.1, 0.15) is 0 Å². The molecule has 2 rings (SSSR count). The van der Waals surface area contributed by atoms with E-state index in [0.29, 0.717) is 5.69 Å². The van der Waals surface area contributed by atoms with Crippen LogP contribution in [0.4, 0.5) is 5.69 Å². The van der Waals surface area contributed by atoms with Gasteiger partial charge in [-0.15, -0.1) is 0 Å². The molecule has 7 heteroatoms. The van der Waals surface area contributed by atoms with E-state index in [-0.39, 0.29) is 24.3 Å². The van der Waals surface area contributed by atoms with Crippen molar-refractivity contribution < 1.29 is 18.3 Å². The van der Waals surface area contributed by atoms with E-state index < -0.39 is 16.0 Å². The van der Waals surface area contributed by atoms with Crippen LogP contribution in [-0.2, 0) is 14.8 Å². The van der Waals surface area contributed by atoms with Crippen LogP contribution < -0.4 is 10.5 Å². The van der Waals surface area contributed by atoms with Crippen LogP contribution in [0.2, 0.25) is 0 Å². The Hall–Kier alpha value is -2.38. The van der Waals surface area contributed by atoms with Crippen molar-refractivity contribution in [2.45, 2.75) is 17.7 Å². The number of hydrogen-bond acceptors (Lipinski definition) is 4. The summed E-state index contributed by atoms with van der Waals surface area (Å²) in [7, 11) is -3.63. The quantitative estimate of drug-likeness (QED) is 0.530. The van der Waals surface area contributed by atoms with Crippen molar-refractivity contribution in [3.8, 4) is 11.1 Å². The molecule has 0 radical (unpaired) electrons. The maximum atomic E-state index is 12.1. The molecule has 23 heavy (non-hydrogen) atoms. The maximum absolute atomic E-state index is 12.1. The number of carboxylic acid groups (broad SMARTS) is 1. The fraction of sp³-hybridized carbons (Fsp3) is 0.188. The second-order valence-corrected chi connectivity index (χ2v) is 6.81. The minimum absolute atomic E-state index is 0.0725. The number of nitrogens with one attached hydrogen (secondary N) is 1. The lowest BCUT2D eigenvalue weighted by atomic mass is 10.1. The van der Waals surface area contributed by atoms with Crippen molar-refractivity contribution in [3.05, 3.63) is 48.5 Å². The Morgan fingerprint density at radius 1 is 1.09 bits per heavy atom. The Morgan fingerprint density at radius 3 is 2.39 bits per heavy atom. The van der Waals surface area contributed by atoms with Gasteiger partial charge in [0.2, 0.25) is 10.0 Å². The molecule has 0 unspecified atom stereocenters. The number of nitrogens with two attached hydrogens (primary N) is 1. The summed E-state index contributed by atoms with van der Waals surface area (Å²) in [6, 6.07) is 13.8. The minimum Gasteiger partial charge on any atom is -0.481 e. The largest absolute Gasteiger partial charge is 0.481 e. The van der Waals surface area contributed by atoms with Crippen molar-refractivity contribution in [1.29, 1.82) is 0 Å². The Kier molecular flexibility index (Phi) is 5.36. The standard InChI is InChI=1S/C16H18N2O4S/c17-14-4-1-3-13(11-14)12-6-8-15(9-7-12)23(21,22)18-10-2-5-16(19)20/h1,3-4,6-9,11,18H,2,5,10,17H2,(H,19,20). The monoisotopic (exact) mass is 334 g/mol.